The normalized spacial score (nSPS) is 13.6. The number of nitrogens with zero attached hydrogens (tertiary/aromatic N) is 5. The second-order valence-electron chi connectivity index (χ2n) is 5.65. The fourth-order valence-electron chi connectivity index (χ4n) is 3.11. The summed E-state index contributed by atoms with van der Waals surface area (Å²) in [6, 6.07) is 5.95. The molecule has 4 rings (SSSR count). The summed E-state index contributed by atoms with van der Waals surface area (Å²) in [5.41, 5.74) is 2.72. The number of amides is 1. The average molecular weight is 340 g/mol. The number of methoxy groups -OCH3 is 1. The summed E-state index contributed by atoms with van der Waals surface area (Å²) in [7, 11) is 1.65. The maximum absolute atomic E-state index is 10.9. The van der Waals surface area contributed by atoms with E-state index >= 15 is 0 Å². The highest BCUT2D eigenvalue weighted by molar-refractivity contribution is 5.82. The Balaban J connectivity index is 1.81. The van der Waals surface area contributed by atoms with Gasteiger partial charge in [-0.3, -0.25) is 9.72 Å². The second-order valence-corrected chi connectivity index (χ2v) is 5.65. The molecule has 25 heavy (non-hydrogen) atoms. The summed E-state index contributed by atoms with van der Waals surface area (Å²) < 4.78 is 6.88. The van der Waals surface area contributed by atoms with Crippen LogP contribution in [0.2, 0.25) is 0 Å². The van der Waals surface area contributed by atoms with E-state index < -0.39 is 6.09 Å². The summed E-state index contributed by atoms with van der Waals surface area (Å²) in [5.74, 6) is 1.60. The van der Waals surface area contributed by atoms with Crippen molar-refractivity contribution in [1.29, 1.82) is 0 Å². The highest BCUT2D eigenvalue weighted by atomic mass is 16.5. The Morgan fingerprint density at radius 1 is 1.36 bits per heavy atom. The van der Waals surface area contributed by atoms with Crippen LogP contribution in [0, 0.1) is 0 Å². The lowest BCUT2D eigenvalue weighted by Gasteiger charge is -2.30. The van der Waals surface area contributed by atoms with Crippen LogP contribution in [0.4, 0.5) is 22.2 Å². The number of ether oxygens (including phenoxy) is 1. The molecule has 9 nitrogen and oxygen atoms in total. The lowest BCUT2D eigenvalue weighted by molar-refractivity contribution is 0.209. The molecule has 1 aliphatic heterocycles. The highest BCUT2D eigenvalue weighted by Crippen LogP contribution is 2.36. The number of carboxylic acid groups (broad SMARTS) is 1. The summed E-state index contributed by atoms with van der Waals surface area (Å²) in [6.07, 6.45) is 3.98. The molecule has 0 unspecified atom stereocenters. The molecule has 0 aliphatic carbocycles. The molecule has 2 aromatic heterocycles. The van der Waals surface area contributed by atoms with E-state index in [-0.39, 0.29) is 5.95 Å². The Morgan fingerprint density at radius 3 is 3.04 bits per heavy atom. The van der Waals surface area contributed by atoms with E-state index in [0.29, 0.717) is 11.5 Å². The zero-order chi connectivity index (χ0) is 17.4. The third-order valence-corrected chi connectivity index (χ3v) is 4.19. The lowest BCUT2D eigenvalue weighted by atomic mass is 10.0. The summed E-state index contributed by atoms with van der Waals surface area (Å²) in [6.45, 7) is 0.792. The number of aryl methyl sites for hydroxylation is 1. The molecule has 0 radical (unpaired) electrons. The van der Waals surface area contributed by atoms with Crippen LogP contribution in [0.5, 0.6) is 5.75 Å². The van der Waals surface area contributed by atoms with Crippen molar-refractivity contribution in [1.82, 2.24) is 19.6 Å². The van der Waals surface area contributed by atoms with Crippen molar-refractivity contribution in [3.63, 3.8) is 0 Å². The first-order valence-corrected chi connectivity index (χ1v) is 7.81. The van der Waals surface area contributed by atoms with E-state index in [1.807, 2.05) is 18.2 Å². The van der Waals surface area contributed by atoms with Crippen molar-refractivity contribution >= 4 is 29.2 Å². The van der Waals surface area contributed by atoms with E-state index in [1.165, 1.54) is 5.56 Å². The summed E-state index contributed by atoms with van der Waals surface area (Å²) in [4.78, 5) is 17.4. The van der Waals surface area contributed by atoms with Crippen molar-refractivity contribution in [3.8, 4) is 5.75 Å². The third kappa shape index (κ3) is 2.59. The van der Waals surface area contributed by atoms with Gasteiger partial charge < -0.3 is 14.7 Å². The van der Waals surface area contributed by atoms with Crippen molar-refractivity contribution in [2.45, 2.75) is 12.8 Å². The molecule has 3 aromatic rings. The number of aromatic nitrogens is 4. The smallest absolute Gasteiger partial charge is 0.411 e. The van der Waals surface area contributed by atoms with Crippen LogP contribution in [0.3, 0.4) is 0 Å². The molecule has 3 heterocycles. The van der Waals surface area contributed by atoms with Gasteiger partial charge in [-0.25, -0.2) is 9.78 Å². The number of rotatable bonds is 3. The molecule has 9 heteroatoms. The number of nitrogens with one attached hydrogen (secondary N) is 1. The van der Waals surface area contributed by atoms with Gasteiger partial charge in [-0.05, 0) is 36.6 Å². The van der Waals surface area contributed by atoms with E-state index in [4.69, 9.17) is 9.84 Å². The monoisotopic (exact) mass is 340 g/mol. The molecule has 1 aliphatic rings. The largest absolute Gasteiger partial charge is 0.497 e. The minimum atomic E-state index is -1.19. The predicted octanol–water partition coefficient (Wildman–Crippen LogP) is 2.31. The third-order valence-electron chi connectivity index (χ3n) is 4.19. The van der Waals surface area contributed by atoms with Gasteiger partial charge in [0.05, 0.1) is 7.11 Å². The van der Waals surface area contributed by atoms with Gasteiger partial charge in [0, 0.05) is 24.6 Å². The Hall–Kier alpha value is -3.36. The van der Waals surface area contributed by atoms with Crippen LogP contribution < -0.4 is 15.0 Å². The Kier molecular flexibility index (Phi) is 3.60. The predicted molar refractivity (Wildman–Crippen MR) is 90.8 cm³/mol. The molecule has 1 aromatic carbocycles. The van der Waals surface area contributed by atoms with Gasteiger partial charge >= 0.3 is 6.09 Å². The first-order valence-electron chi connectivity index (χ1n) is 7.81. The van der Waals surface area contributed by atoms with Gasteiger partial charge in [-0.2, -0.15) is 0 Å². The zero-order valence-corrected chi connectivity index (χ0v) is 13.5. The number of benzene rings is 1. The Labute approximate surface area is 142 Å². The molecule has 0 fully saturated rings. The van der Waals surface area contributed by atoms with Crippen LogP contribution >= 0.6 is 0 Å². The topological polar surface area (TPSA) is 105 Å². The SMILES string of the molecule is COc1ccc2c(c1)CCCN2c1nccn2c(NC(=O)O)nnc12. The van der Waals surface area contributed by atoms with Crippen molar-refractivity contribution in [3.05, 3.63) is 36.2 Å². The standard InChI is InChI=1S/C16H16N6O3/c1-25-11-4-5-12-10(9-11)3-2-7-21(12)13-14-19-20-15(18-16(23)24)22(14)8-6-17-13/h4-6,8-9H,2-3,7H2,1H3,(H,18,20)(H,23,24). The van der Waals surface area contributed by atoms with E-state index in [1.54, 1.807) is 23.9 Å². The molecule has 0 saturated carbocycles. The number of hydrogen-bond acceptors (Lipinski definition) is 6. The fourth-order valence-corrected chi connectivity index (χ4v) is 3.11. The van der Waals surface area contributed by atoms with E-state index in [9.17, 15) is 4.79 Å². The first-order chi connectivity index (χ1) is 12.2. The number of carbonyl (C=O) groups is 1. The molecular formula is C16H16N6O3. The Bertz CT molecular complexity index is 954. The molecule has 0 saturated heterocycles. The van der Waals surface area contributed by atoms with Gasteiger partial charge in [-0.1, -0.05) is 0 Å². The van der Waals surface area contributed by atoms with Crippen molar-refractivity contribution < 1.29 is 14.6 Å². The maximum atomic E-state index is 10.9. The molecule has 1 amide bonds. The van der Waals surface area contributed by atoms with Crippen LogP contribution in [-0.2, 0) is 6.42 Å². The van der Waals surface area contributed by atoms with Crippen molar-refractivity contribution in [2.75, 3.05) is 23.9 Å². The molecule has 0 atom stereocenters. The van der Waals surface area contributed by atoms with Crippen LogP contribution in [0.25, 0.3) is 5.65 Å². The number of fused-ring (bicyclic) bond motifs is 2. The van der Waals surface area contributed by atoms with E-state index in [0.717, 1.165) is 30.8 Å². The lowest BCUT2D eigenvalue weighted by Crippen LogP contribution is -2.26. The van der Waals surface area contributed by atoms with Gasteiger partial charge in [0.1, 0.15) is 5.75 Å². The fraction of sp³-hybridized carbons (Fsp3) is 0.250. The van der Waals surface area contributed by atoms with Crippen LogP contribution in [0.1, 0.15) is 12.0 Å². The van der Waals surface area contributed by atoms with Crippen LogP contribution in [-0.4, -0.2) is 44.4 Å². The Morgan fingerprint density at radius 2 is 2.24 bits per heavy atom. The van der Waals surface area contributed by atoms with Crippen LogP contribution in [0.15, 0.2) is 30.6 Å². The van der Waals surface area contributed by atoms with Gasteiger partial charge in [-0.15, -0.1) is 10.2 Å². The maximum Gasteiger partial charge on any atom is 0.411 e. The first kappa shape index (κ1) is 15.2. The van der Waals surface area contributed by atoms with Gasteiger partial charge in [0.25, 0.3) is 0 Å². The second kappa shape index (κ2) is 5.93. The minimum Gasteiger partial charge on any atom is -0.497 e. The van der Waals surface area contributed by atoms with E-state index in [2.05, 4.69) is 25.4 Å². The van der Waals surface area contributed by atoms with Gasteiger partial charge in [0.2, 0.25) is 11.6 Å². The average Bonchev–Trinajstić information content (AvgIpc) is 3.03. The van der Waals surface area contributed by atoms with Crippen molar-refractivity contribution in [2.24, 2.45) is 0 Å². The summed E-state index contributed by atoms with van der Waals surface area (Å²) >= 11 is 0. The molecule has 128 valence electrons. The summed E-state index contributed by atoms with van der Waals surface area (Å²) in [5, 5.41) is 19.2. The minimum absolute atomic E-state index is 0.137. The molecular weight excluding hydrogens is 324 g/mol. The molecule has 0 spiro atoms. The van der Waals surface area contributed by atoms with Gasteiger partial charge in [0.15, 0.2) is 5.82 Å². The number of hydrogen-bond donors (Lipinski definition) is 2. The number of anilines is 3. The molecule has 2 N–H and O–H groups in total. The zero-order valence-electron chi connectivity index (χ0n) is 13.5. The quantitative estimate of drug-likeness (QED) is 0.753. The molecule has 0 bridgehead atoms. The highest BCUT2D eigenvalue weighted by Gasteiger charge is 2.23.